The zero-order valence-corrected chi connectivity index (χ0v) is 11.8. The van der Waals surface area contributed by atoms with Gasteiger partial charge in [0.05, 0.1) is 5.69 Å². The molecule has 0 spiro atoms. The molecule has 1 aromatic heterocycles. The third kappa shape index (κ3) is 3.20. The van der Waals surface area contributed by atoms with Gasteiger partial charge in [-0.05, 0) is 39.3 Å². The van der Waals surface area contributed by atoms with E-state index in [-0.39, 0.29) is 11.4 Å². The Bertz CT molecular complexity index is 594. The van der Waals surface area contributed by atoms with Crippen molar-refractivity contribution in [3.63, 3.8) is 0 Å². The molecule has 0 aliphatic carbocycles. The maximum atomic E-state index is 13.6. The number of aryl methyl sites for hydroxylation is 2. The minimum atomic E-state index is -0.310. The highest BCUT2D eigenvalue weighted by Gasteiger charge is 2.17. The molecule has 0 unspecified atom stereocenters. The van der Waals surface area contributed by atoms with Crippen LogP contribution in [-0.2, 0) is 6.42 Å². The van der Waals surface area contributed by atoms with Crippen molar-refractivity contribution in [2.45, 2.75) is 39.7 Å². The van der Waals surface area contributed by atoms with Crippen LogP contribution in [0.5, 0.6) is 0 Å². The first-order valence-electron chi connectivity index (χ1n) is 6.37. The second-order valence-corrected chi connectivity index (χ2v) is 5.79. The molecule has 0 saturated heterocycles. The van der Waals surface area contributed by atoms with Gasteiger partial charge in [-0.1, -0.05) is 12.1 Å². The number of nitrogens with zero attached hydrogens (tertiary/aromatic N) is 1. The third-order valence-corrected chi connectivity index (χ3v) is 3.05. The van der Waals surface area contributed by atoms with Crippen molar-refractivity contribution in [2.24, 2.45) is 5.73 Å². The van der Waals surface area contributed by atoms with Crippen molar-refractivity contribution in [3.8, 4) is 11.4 Å². The molecule has 0 radical (unpaired) electrons. The van der Waals surface area contributed by atoms with E-state index in [9.17, 15) is 4.39 Å². The van der Waals surface area contributed by atoms with Gasteiger partial charge in [-0.15, -0.1) is 0 Å². The van der Waals surface area contributed by atoms with Crippen molar-refractivity contribution in [1.82, 2.24) is 9.97 Å². The van der Waals surface area contributed by atoms with Crippen LogP contribution in [0.25, 0.3) is 11.4 Å². The fraction of sp³-hybridized carbons (Fsp3) is 0.400. The molecular weight excluding hydrogens is 241 g/mol. The molecule has 1 aromatic carbocycles. The number of benzene rings is 1. The zero-order valence-electron chi connectivity index (χ0n) is 11.8. The van der Waals surface area contributed by atoms with Gasteiger partial charge in [0.1, 0.15) is 11.6 Å². The summed E-state index contributed by atoms with van der Waals surface area (Å²) in [6.07, 6.45) is 0.684. The Kier molecular flexibility index (Phi) is 3.45. The van der Waals surface area contributed by atoms with E-state index in [1.807, 2.05) is 26.8 Å². The van der Waals surface area contributed by atoms with Crippen LogP contribution in [0.2, 0.25) is 0 Å². The van der Waals surface area contributed by atoms with Gasteiger partial charge in [0, 0.05) is 23.2 Å². The van der Waals surface area contributed by atoms with Gasteiger partial charge in [-0.25, -0.2) is 9.37 Å². The number of hydrogen-bond acceptors (Lipinski definition) is 2. The Morgan fingerprint density at radius 3 is 2.58 bits per heavy atom. The summed E-state index contributed by atoms with van der Waals surface area (Å²) in [6, 6.07) is 5.13. The number of nitrogens with two attached hydrogens (primary N) is 1. The molecule has 1 heterocycles. The van der Waals surface area contributed by atoms with Gasteiger partial charge in [0.2, 0.25) is 0 Å². The van der Waals surface area contributed by atoms with Crippen molar-refractivity contribution in [3.05, 3.63) is 41.0 Å². The standard InChI is InChI=1S/C15H20FN3/c1-9-5-6-11(7-12(9)16)14-18-10(2)13(19-14)8-15(3,4)17/h5-7H,8,17H2,1-4H3,(H,18,19). The lowest BCUT2D eigenvalue weighted by Gasteiger charge is -2.16. The molecule has 2 aromatic rings. The Morgan fingerprint density at radius 2 is 2.00 bits per heavy atom. The Hall–Kier alpha value is -1.68. The van der Waals surface area contributed by atoms with Gasteiger partial charge in [-0.2, -0.15) is 0 Å². The van der Waals surface area contributed by atoms with E-state index in [4.69, 9.17) is 5.73 Å². The van der Waals surface area contributed by atoms with Crippen LogP contribution in [-0.4, -0.2) is 15.5 Å². The van der Waals surface area contributed by atoms with Crippen LogP contribution in [0, 0.1) is 19.7 Å². The first kappa shape index (κ1) is 13.7. The number of hydrogen-bond donors (Lipinski definition) is 2. The fourth-order valence-corrected chi connectivity index (χ4v) is 1.98. The summed E-state index contributed by atoms with van der Waals surface area (Å²) in [5.41, 5.74) is 9.01. The summed E-state index contributed by atoms with van der Waals surface area (Å²) in [5, 5.41) is 0. The predicted octanol–water partition coefficient (Wildman–Crippen LogP) is 3.11. The van der Waals surface area contributed by atoms with E-state index in [0.29, 0.717) is 17.8 Å². The summed E-state index contributed by atoms with van der Waals surface area (Å²) in [6.45, 7) is 7.63. The average molecular weight is 261 g/mol. The molecule has 4 heteroatoms. The molecule has 3 nitrogen and oxygen atoms in total. The molecule has 0 fully saturated rings. The van der Waals surface area contributed by atoms with Crippen LogP contribution in [0.15, 0.2) is 18.2 Å². The Labute approximate surface area is 113 Å². The molecule has 0 aliphatic rings. The minimum Gasteiger partial charge on any atom is -0.342 e. The number of aromatic amines is 1. The van der Waals surface area contributed by atoms with E-state index >= 15 is 0 Å². The van der Waals surface area contributed by atoms with Crippen LogP contribution in [0.4, 0.5) is 4.39 Å². The van der Waals surface area contributed by atoms with E-state index in [0.717, 1.165) is 17.0 Å². The molecule has 0 aliphatic heterocycles. The summed E-state index contributed by atoms with van der Waals surface area (Å²) in [4.78, 5) is 7.73. The lowest BCUT2D eigenvalue weighted by atomic mass is 9.99. The van der Waals surface area contributed by atoms with E-state index < -0.39 is 0 Å². The lowest BCUT2D eigenvalue weighted by Crippen LogP contribution is -2.34. The van der Waals surface area contributed by atoms with Gasteiger partial charge in [0.25, 0.3) is 0 Å². The second-order valence-electron chi connectivity index (χ2n) is 5.79. The Balaban J connectivity index is 2.36. The first-order chi connectivity index (χ1) is 8.76. The van der Waals surface area contributed by atoms with Crippen molar-refractivity contribution in [2.75, 3.05) is 0 Å². The van der Waals surface area contributed by atoms with Crippen LogP contribution in [0.3, 0.4) is 0 Å². The van der Waals surface area contributed by atoms with Crippen molar-refractivity contribution < 1.29 is 4.39 Å². The highest BCUT2D eigenvalue weighted by molar-refractivity contribution is 5.56. The Morgan fingerprint density at radius 1 is 1.32 bits per heavy atom. The SMILES string of the molecule is Cc1ccc(-c2nc(CC(C)(C)N)c(C)[nH]2)cc1F. The quantitative estimate of drug-likeness (QED) is 0.892. The van der Waals surface area contributed by atoms with Crippen LogP contribution in [0.1, 0.15) is 30.8 Å². The summed E-state index contributed by atoms with van der Waals surface area (Å²) in [7, 11) is 0. The van der Waals surface area contributed by atoms with Crippen molar-refractivity contribution >= 4 is 0 Å². The van der Waals surface area contributed by atoms with E-state index in [1.54, 1.807) is 13.0 Å². The largest absolute Gasteiger partial charge is 0.342 e. The molecule has 102 valence electrons. The van der Waals surface area contributed by atoms with Crippen molar-refractivity contribution in [1.29, 1.82) is 0 Å². The van der Waals surface area contributed by atoms with E-state index in [2.05, 4.69) is 9.97 Å². The normalized spacial score (nSPS) is 11.9. The molecule has 19 heavy (non-hydrogen) atoms. The smallest absolute Gasteiger partial charge is 0.137 e. The summed E-state index contributed by atoms with van der Waals surface area (Å²) in [5.74, 6) is 0.475. The number of H-pyrrole nitrogens is 1. The first-order valence-corrected chi connectivity index (χ1v) is 6.37. The lowest BCUT2D eigenvalue weighted by molar-refractivity contribution is 0.510. The number of rotatable bonds is 3. The number of nitrogens with one attached hydrogen (secondary N) is 1. The molecular formula is C15H20FN3. The molecule has 3 N–H and O–H groups in total. The topological polar surface area (TPSA) is 54.7 Å². The highest BCUT2D eigenvalue weighted by Crippen LogP contribution is 2.22. The third-order valence-electron chi connectivity index (χ3n) is 3.05. The van der Waals surface area contributed by atoms with Gasteiger partial charge in [0.15, 0.2) is 0 Å². The highest BCUT2D eigenvalue weighted by atomic mass is 19.1. The van der Waals surface area contributed by atoms with Gasteiger partial charge in [-0.3, -0.25) is 0 Å². The maximum absolute atomic E-state index is 13.6. The predicted molar refractivity (Wildman–Crippen MR) is 75.4 cm³/mol. The number of halogens is 1. The second kappa shape index (κ2) is 4.78. The zero-order chi connectivity index (χ0) is 14.2. The number of aromatic nitrogens is 2. The van der Waals surface area contributed by atoms with Gasteiger partial charge >= 0.3 is 0 Å². The van der Waals surface area contributed by atoms with Crippen LogP contribution >= 0.6 is 0 Å². The molecule has 0 bridgehead atoms. The number of imidazole rings is 1. The van der Waals surface area contributed by atoms with Crippen LogP contribution < -0.4 is 5.73 Å². The summed E-state index contributed by atoms with van der Waals surface area (Å²) < 4.78 is 13.6. The molecule has 0 saturated carbocycles. The minimum absolute atomic E-state index is 0.216. The fourth-order valence-electron chi connectivity index (χ4n) is 1.98. The molecule has 0 atom stereocenters. The summed E-state index contributed by atoms with van der Waals surface area (Å²) >= 11 is 0. The maximum Gasteiger partial charge on any atom is 0.137 e. The van der Waals surface area contributed by atoms with E-state index in [1.165, 1.54) is 6.07 Å². The van der Waals surface area contributed by atoms with Gasteiger partial charge < -0.3 is 10.7 Å². The monoisotopic (exact) mass is 261 g/mol. The molecule has 2 rings (SSSR count). The average Bonchev–Trinajstić information content (AvgIpc) is 2.62. The molecule has 0 amide bonds.